The molecule has 2 N–H and O–H groups in total. The molecule has 7 heteroatoms. The van der Waals surface area contributed by atoms with Crippen LogP contribution in [0.25, 0.3) is 11.0 Å². The van der Waals surface area contributed by atoms with Crippen LogP contribution in [0, 0.1) is 0 Å². The van der Waals surface area contributed by atoms with Gasteiger partial charge in [-0.3, -0.25) is 0 Å². The minimum Gasteiger partial charge on any atom is -0.478 e. The number of anilines is 1. The van der Waals surface area contributed by atoms with Crippen LogP contribution in [0.4, 0.5) is 5.88 Å². The number of benzene rings is 1. The van der Waals surface area contributed by atoms with Gasteiger partial charge in [0.1, 0.15) is 5.52 Å². The summed E-state index contributed by atoms with van der Waals surface area (Å²) < 4.78 is 6.39. The first-order valence-electron chi connectivity index (χ1n) is 5.58. The van der Waals surface area contributed by atoms with E-state index in [1.54, 1.807) is 30.3 Å². The number of nitrogens with one attached hydrogen (secondary N) is 1. The van der Waals surface area contributed by atoms with Crippen molar-refractivity contribution in [3.05, 3.63) is 42.7 Å². The van der Waals surface area contributed by atoms with Gasteiger partial charge in [-0.2, -0.15) is 0 Å². The van der Waals surface area contributed by atoms with Crippen LogP contribution in [-0.2, 0) is 4.79 Å². The van der Waals surface area contributed by atoms with E-state index in [0.717, 1.165) is 0 Å². The lowest BCUT2D eigenvalue weighted by atomic mass is 10.3. The molecular formula is C12H10N4O3. The van der Waals surface area contributed by atoms with Gasteiger partial charge in [0.05, 0.1) is 11.8 Å². The molecule has 1 atom stereocenters. The fourth-order valence-electron chi connectivity index (χ4n) is 1.80. The van der Waals surface area contributed by atoms with E-state index in [0.29, 0.717) is 16.9 Å². The quantitative estimate of drug-likeness (QED) is 0.740. The summed E-state index contributed by atoms with van der Waals surface area (Å²) in [5.41, 5.74) is 1.27. The Morgan fingerprint density at radius 3 is 2.89 bits per heavy atom. The van der Waals surface area contributed by atoms with Gasteiger partial charge in [-0.1, -0.05) is 17.3 Å². The number of fused-ring (bicyclic) bond motifs is 1. The number of aliphatic carboxylic acids is 1. The number of hydrogen-bond donors (Lipinski definition) is 2. The van der Waals surface area contributed by atoms with Crippen LogP contribution >= 0.6 is 0 Å². The van der Waals surface area contributed by atoms with Crippen molar-refractivity contribution in [2.45, 2.75) is 6.17 Å². The molecule has 3 aromatic rings. The molecule has 0 saturated heterocycles. The number of carboxylic acid groups (broad SMARTS) is 1. The molecule has 7 nitrogen and oxygen atoms in total. The first-order chi connectivity index (χ1) is 9.25. The molecule has 0 amide bonds. The zero-order valence-electron chi connectivity index (χ0n) is 9.72. The smallest absolute Gasteiger partial charge is 0.349 e. The molecule has 1 unspecified atom stereocenters. The average Bonchev–Trinajstić information content (AvgIpc) is 3.05. The molecule has 0 bridgehead atoms. The van der Waals surface area contributed by atoms with E-state index in [1.807, 2.05) is 6.07 Å². The monoisotopic (exact) mass is 258 g/mol. The van der Waals surface area contributed by atoms with E-state index in [9.17, 15) is 9.90 Å². The number of aromatic nitrogens is 3. The SMILES string of the molecule is O=C(O)C(Nc1ccco1)n1nnc2ccccc21. The first kappa shape index (κ1) is 11.3. The summed E-state index contributed by atoms with van der Waals surface area (Å²) in [5, 5.41) is 19.9. The third kappa shape index (κ3) is 2.01. The summed E-state index contributed by atoms with van der Waals surface area (Å²) in [4.78, 5) is 11.4. The largest absolute Gasteiger partial charge is 0.478 e. The van der Waals surface area contributed by atoms with Gasteiger partial charge in [-0.15, -0.1) is 5.10 Å². The van der Waals surface area contributed by atoms with Gasteiger partial charge < -0.3 is 14.8 Å². The maximum atomic E-state index is 11.4. The van der Waals surface area contributed by atoms with Gasteiger partial charge in [-0.05, 0) is 18.2 Å². The highest BCUT2D eigenvalue weighted by molar-refractivity contribution is 5.80. The Kier molecular flexibility index (Phi) is 2.64. The van der Waals surface area contributed by atoms with Crippen molar-refractivity contribution in [1.82, 2.24) is 15.0 Å². The Hall–Kier alpha value is -2.83. The number of hydrogen-bond acceptors (Lipinski definition) is 5. The zero-order chi connectivity index (χ0) is 13.2. The van der Waals surface area contributed by atoms with Crippen LogP contribution in [0.1, 0.15) is 6.17 Å². The Labute approximate surface area is 107 Å². The minimum atomic E-state index is -1.08. The highest BCUT2D eigenvalue weighted by Gasteiger charge is 2.23. The van der Waals surface area contributed by atoms with E-state index in [2.05, 4.69) is 15.6 Å². The highest BCUT2D eigenvalue weighted by atomic mass is 16.4. The van der Waals surface area contributed by atoms with Crippen LogP contribution in [0.15, 0.2) is 47.1 Å². The van der Waals surface area contributed by atoms with Crippen LogP contribution in [0.5, 0.6) is 0 Å². The number of para-hydroxylation sites is 1. The highest BCUT2D eigenvalue weighted by Crippen LogP contribution is 2.18. The second-order valence-electron chi connectivity index (χ2n) is 3.89. The second-order valence-corrected chi connectivity index (χ2v) is 3.89. The molecule has 3 rings (SSSR count). The molecule has 2 aromatic heterocycles. The van der Waals surface area contributed by atoms with Crippen molar-refractivity contribution in [2.75, 3.05) is 5.32 Å². The van der Waals surface area contributed by atoms with Crippen LogP contribution < -0.4 is 5.32 Å². The molecule has 0 radical (unpaired) electrons. The molecule has 19 heavy (non-hydrogen) atoms. The third-order valence-electron chi connectivity index (χ3n) is 2.66. The van der Waals surface area contributed by atoms with Crippen LogP contribution in [0.2, 0.25) is 0 Å². The average molecular weight is 258 g/mol. The van der Waals surface area contributed by atoms with Crippen LogP contribution in [0.3, 0.4) is 0 Å². The molecular weight excluding hydrogens is 248 g/mol. The number of rotatable bonds is 4. The van der Waals surface area contributed by atoms with Crippen LogP contribution in [-0.4, -0.2) is 26.1 Å². The van der Waals surface area contributed by atoms with Gasteiger partial charge in [0.15, 0.2) is 5.88 Å². The Morgan fingerprint density at radius 1 is 1.32 bits per heavy atom. The lowest BCUT2D eigenvalue weighted by molar-refractivity contribution is -0.140. The third-order valence-corrected chi connectivity index (χ3v) is 2.66. The van der Waals surface area contributed by atoms with Gasteiger partial charge in [0.2, 0.25) is 6.17 Å². The fraction of sp³-hybridized carbons (Fsp3) is 0.0833. The van der Waals surface area contributed by atoms with Gasteiger partial charge in [-0.25, -0.2) is 9.48 Å². The number of carboxylic acids is 1. The molecule has 1 aromatic carbocycles. The molecule has 0 fully saturated rings. The summed E-state index contributed by atoms with van der Waals surface area (Å²) in [6.07, 6.45) is 0.374. The molecule has 0 saturated carbocycles. The molecule has 0 aliphatic rings. The first-order valence-corrected chi connectivity index (χ1v) is 5.58. The maximum absolute atomic E-state index is 11.4. The summed E-state index contributed by atoms with van der Waals surface area (Å²) in [7, 11) is 0. The molecule has 0 aliphatic heterocycles. The van der Waals surface area contributed by atoms with E-state index in [4.69, 9.17) is 4.42 Å². The zero-order valence-corrected chi connectivity index (χ0v) is 9.72. The fourth-order valence-corrected chi connectivity index (χ4v) is 1.80. The number of furan rings is 1. The van der Waals surface area contributed by atoms with Gasteiger partial charge in [0.25, 0.3) is 0 Å². The summed E-state index contributed by atoms with van der Waals surface area (Å²) >= 11 is 0. The van der Waals surface area contributed by atoms with Crippen molar-refractivity contribution in [3.63, 3.8) is 0 Å². The summed E-state index contributed by atoms with van der Waals surface area (Å²) in [5.74, 6) is -0.723. The van der Waals surface area contributed by atoms with Crippen molar-refractivity contribution in [2.24, 2.45) is 0 Å². The van der Waals surface area contributed by atoms with Gasteiger partial charge in [0, 0.05) is 6.07 Å². The normalized spacial score (nSPS) is 12.4. The number of carbonyl (C=O) groups is 1. The van der Waals surface area contributed by atoms with Gasteiger partial charge >= 0.3 is 5.97 Å². The molecule has 0 spiro atoms. The lowest BCUT2D eigenvalue weighted by Gasteiger charge is -2.14. The molecule has 2 heterocycles. The van der Waals surface area contributed by atoms with Crippen molar-refractivity contribution in [1.29, 1.82) is 0 Å². The minimum absolute atomic E-state index is 0.354. The van der Waals surface area contributed by atoms with E-state index >= 15 is 0 Å². The van der Waals surface area contributed by atoms with Crippen molar-refractivity contribution in [3.8, 4) is 0 Å². The predicted octanol–water partition coefficient (Wildman–Crippen LogP) is 1.72. The van der Waals surface area contributed by atoms with E-state index < -0.39 is 12.1 Å². The number of nitrogens with zero attached hydrogens (tertiary/aromatic N) is 3. The topological polar surface area (TPSA) is 93.2 Å². The molecule has 0 aliphatic carbocycles. The standard InChI is InChI=1S/C12H10N4O3/c17-12(18)11(13-10-6-3-7-19-10)16-9-5-2-1-4-8(9)14-15-16/h1-7,11,13H,(H,17,18). The lowest BCUT2D eigenvalue weighted by Crippen LogP contribution is -2.27. The molecule has 96 valence electrons. The van der Waals surface area contributed by atoms with Crippen molar-refractivity contribution >= 4 is 22.9 Å². The second kappa shape index (κ2) is 4.45. The van der Waals surface area contributed by atoms with E-state index in [1.165, 1.54) is 10.9 Å². The Balaban J connectivity index is 2.02. The maximum Gasteiger partial charge on any atom is 0.349 e. The summed E-state index contributed by atoms with van der Waals surface area (Å²) in [6.45, 7) is 0. The Morgan fingerprint density at radius 2 is 2.16 bits per heavy atom. The predicted molar refractivity (Wildman–Crippen MR) is 66.5 cm³/mol. The van der Waals surface area contributed by atoms with E-state index in [-0.39, 0.29) is 0 Å². The summed E-state index contributed by atoms with van der Waals surface area (Å²) in [6, 6.07) is 10.4. The Bertz CT molecular complexity index is 705. The van der Waals surface area contributed by atoms with Crippen molar-refractivity contribution < 1.29 is 14.3 Å².